The summed E-state index contributed by atoms with van der Waals surface area (Å²) < 4.78 is 40.4. The van der Waals surface area contributed by atoms with Crippen molar-refractivity contribution < 1.29 is 18.0 Å². The van der Waals surface area contributed by atoms with Gasteiger partial charge in [-0.1, -0.05) is 36.0 Å². The molecule has 0 aliphatic heterocycles. The van der Waals surface area contributed by atoms with E-state index in [1.54, 1.807) is 42.5 Å². The minimum absolute atomic E-state index is 0.0131. The van der Waals surface area contributed by atoms with E-state index < -0.39 is 12.7 Å². The molecule has 1 amide bonds. The number of benzene rings is 1. The van der Waals surface area contributed by atoms with Gasteiger partial charge in [0.25, 0.3) is 0 Å². The highest BCUT2D eigenvalue weighted by Gasteiger charge is 2.31. The van der Waals surface area contributed by atoms with Crippen LogP contribution in [0.5, 0.6) is 0 Å². The van der Waals surface area contributed by atoms with E-state index in [4.69, 9.17) is 0 Å². The van der Waals surface area contributed by atoms with Crippen molar-refractivity contribution in [3.05, 3.63) is 67.5 Å². The van der Waals surface area contributed by atoms with Gasteiger partial charge in [-0.15, -0.1) is 16.8 Å². The number of nitrogens with zero attached hydrogens (tertiary/aromatic N) is 5. The number of anilines is 1. The van der Waals surface area contributed by atoms with Crippen molar-refractivity contribution in [2.24, 2.45) is 0 Å². The number of amides is 1. The van der Waals surface area contributed by atoms with E-state index in [0.717, 1.165) is 16.3 Å². The van der Waals surface area contributed by atoms with E-state index in [0.29, 0.717) is 11.3 Å². The van der Waals surface area contributed by atoms with Crippen molar-refractivity contribution in [2.45, 2.75) is 17.9 Å². The Morgan fingerprint density at radius 2 is 1.83 bits per heavy atom. The second kappa shape index (κ2) is 9.57. The number of hydrogen-bond donors (Lipinski definition) is 0. The minimum atomic E-state index is -4.47. The van der Waals surface area contributed by atoms with Crippen molar-refractivity contribution in [1.82, 2.24) is 19.7 Å². The SMILES string of the molecule is C=CCN(C(=O)CSc1nnc(-c2ccncc2)n1CC(F)(F)F)c1ccccc1. The quantitative estimate of drug-likeness (QED) is 0.393. The third-order valence-electron chi connectivity index (χ3n) is 4.00. The van der Waals surface area contributed by atoms with Crippen LogP contribution in [0.1, 0.15) is 0 Å². The molecule has 0 radical (unpaired) electrons. The summed E-state index contributed by atoms with van der Waals surface area (Å²) in [5.41, 5.74) is 1.13. The molecule has 3 rings (SSSR count). The third kappa shape index (κ3) is 5.47. The molecule has 156 valence electrons. The Kier molecular flexibility index (Phi) is 6.88. The van der Waals surface area contributed by atoms with Crippen molar-refractivity contribution >= 4 is 23.4 Å². The maximum absolute atomic E-state index is 13.2. The predicted octanol–water partition coefficient (Wildman–Crippen LogP) is 4.21. The van der Waals surface area contributed by atoms with Crippen LogP contribution in [-0.2, 0) is 11.3 Å². The normalized spacial score (nSPS) is 11.3. The first-order chi connectivity index (χ1) is 14.4. The van der Waals surface area contributed by atoms with Crippen LogP contribution >= 0.6 is 11.8 Å². The van der Waals surface area contributed by atoms with Gasteiger partial charge < -0.3 is 4.90 Å². The fourth-order valence-corrected chi connectivity index (χ4v) is 3.54. The number of thioether (sulfide) groups is 1. The molecule has 0 aliphatic rings. The van der Waals surface area contributed by atoms with Gasteiger partial charge >= 0.3 is 6.18 Å². The molecule has 0 fully saturated rings. The minimum Gasteiger partial charge on any atom is -0.308 e. The standard InChI is InChI=1S/C20H18F3N5OS/c1-2-12-27(16-6-4-3-5-7-16)17(29)13-30-19-26-25-18(15-8-10-24-11-9-15)28(19)14-20(21,22)23/h2-11H,1,12-14H2. The number of hydrogen-bond acceptors (Lipinski definition) is 5. The number of rotatable bonds is 8. The molecule has 30 heavy (non-hydrogen) atoms. The zero-order valence-electron chi connectivity index (χ0n) is 15.8. The number of pyridine rings is 1. The van der Waals surface area contributed by atoms with Gasteiger partial charge in [-0.05, 0) is 24.3 Å². The average Bonchev–Trinajstić information content (AvgIpc) is 3.12. The topological polar surface area (TPSA) is 63.9 Å². The summed E-state index contributed by atoms with van der Waals surface area (Å²) in [7, 11) is 0. The van der Waals surface area contributed by atoms with E-state index >= 15 is 0 Å². The molecule has 0 atom stereocenters. The summed E-state index contributed by atoms with van der Waals surface area (Å²) in [6.45, 7) is 2.68. The van der Waals surface area contributed by atoms with Crippen LogP contribution in [-0.4, -0.2) is 44.1 Å². The Labute approximate surface area is 175 Å². The number of carbonyl (C=O) groups is 1. The first-order valence-electron chi connectivity index (χ1n) is 8.88. The first-order valence-corrected chi connectivity index (χ1v) is 9.87. The monoisotopic (exact) mass is 433 g/mol. The molecule has 10 heteroatoms. The van der Waals surface area contributed by atoms with E-state index in [1.807, 2.05) is 6.07 Å². The first kappa shape index (κ1) is 21.6. The highest BCUT2D eigenvalue weighted by molar-refractivity contribution is 7.99. The van der Waals surface area contributed by atoms with Gasteiger partial charge in [-0.3, -0.25) is 14.3 Å². The molecule has 0 N–H and O–H groups in total. The Balaban J connectivity index is 1.83. The Bertz CT molecular complexity index is 993. The molecule has 6 nitrogen and oxygen atoms in total. The molecule has 0 saturated heterocycles. The zero-order chi connectivity index (χ0) is 21.6. The van der Waals surface area contributed by atoms with E-state index in [1.165, 1.54) is 17.3 Å². The summed E-state index contributed by atoms with van der Waals surface area (Å²) in [6, 6.07) is 12.1. The van der Waals surface area contributed by atoms with Gasteiger partial charge in [-0.2, -0.15) is 13.2 Å². The van der Waals surface area contributed by atoms with Crippen LogP contribution < -0.4 is 4.90 Å². The van der Waals surface area contributed by atoms with E-state index in [2.05, 4.69) is 21.8 Å². The van der Waals surface area contributed by atoms with Crippen molar-refractivity contribution in [1.29, 1.82) is 0 Å². The molecular formula is C20H18F3N5OS. The van der Waals surface area contributed by atoms with Crippen LogP contribution in [0.15, 0.2) is 72.7 Å². The lowest BCUT2D eigenvalue weighted by Gasteiger charge is -2.21. The van der Waals surface area contributed by atoms with Crippen LogP contribution in [0.3, 0.4) is 0 Å². The highest BCUT2D eigenvalue weighted by atomic mass is 32.2. The van der Waals surface area contributed by atoms with E-state index in [9.17, 15) is 18.0 Å². The molecule has 2 aromatic heterocycles. The second-order valence-corrected chi connectivity index (χ2v) is 7.10. The number of para-hydroxylation sites is 1. The smallest absolute Gasteiger partial charge is 0.308 e. The van der Waals surface area contributed by atoms with Crippen molar-refractivity contribution in [3.8, 4) is 11.4 Å². The summed E-state index contributed by atoms with van der Waals surface area (Å²) >= 11 is 0.908. The number of halogens is 3. The van der Waals surface area contributed by atoms with Gasteiger partial charge in [0.1, 0.15) is 6.54 Å². The third-order valence-corrected chi connectivity index (χ3v) is 4.95. The predicted molar refractivity (Wildman–Crippen MR) is 109 cm³/mol. The summed E-state index contributed by atoms with van der Waals surface area (Å²) in [5.74, 6) is -0.316. The van der Waals surface area contributed by atoms with Crippen LogP contribution in [0.2, 0.25) is 0 Å². The largest absolute Gasteiger partial charge is 0.406 e. The maximum atomic E-state index is 13.2. The maximum Gasteiger partial charge on any atom is 0.406 e. The molecule has 0 bridgehead atoms. The van der Waals surface area contributed by atoms with Gasteiger partial charge in [0.05, 0.1) is 5.75 Å². The lowest BCUT2D eigenvalue weighted by atomic mass is 10.2. The summed E-state index contributed by atoms with van der Waals surface area (Å²) in [6.07, 6.45) is 0.0439. The van der Waals surface area contributed by atoms with Crippen molar-refractivity contribution in [2.75, 3.05) is 17.2 Å². The Hall–Kier alpha value is -3.14. The fourth-order valence-electron chi connectivity index (χ4n) is 2.72. The number of alkyl halides is 3. The Morgan fingerprint density at radius 3 is 2.47 bits per heavy atom. The van der Waals surface area contributed by atoms with Crippen LogP contribution in [0, 0.1) is 0 Å². The van der Waals surface area contributed by atoms with Gasteiger partial charge in [0.15, 0.2) is 11.0 Å². The lowest BCUT2D eigenvalue weighted by Crippen LogP contribution is -2.32. The van der Waals surface area contributed by atoms with Crippen molar-refractivity contribution in [3.63, 3.8) is 0 Å². The molecule has 3 aromatic rings. The highest BCUT2D eigenvalue weighted by Crippen LogP contribution is 2.28. The molecule has 1 aromatic carbocycles. The molecule has 0 spiro atoms. The van der Waals surface area contributed by atoms with Gasteiger partial charge in [0, 0.05) is 30.2 Å². The van der Waals surface area contributed by atoms with E-state index in [-0.39, 0.29) is 29.2 Å². The van der Waals surface area contributed by atoms with Gasteiger partial charge in [0.2, 0.25) is 5.91 Å². The summed E-state index contributed by atoms with van der Waals surface area (Å²) in [5, 5.41) is 7.82. The zero-order valence-corrected chi connectivity index (χ0v) is 16.6. The molecule has 0 aliphatic carbocycles. The Morgan fingerprint density at radius 1 is 1.13 bits per heavy atom. The average molecular weight is 433 g/mol. The number of aromatic nitrogens is 4. The second-order valence-electron chi connectivity index (χ2n) is 6.16. The summed E-state index contributed by atoms with van der Waals surface area (Å²) in [4.78, 5) is 18.1. The van der Waals surface area contributed by atoms with Crippen LogP contribution in [0.4, 0.5) is 18.9 Å². The van der Waals surface area contributed by atoms with Gasteiger partial charge in [-0.25, -0.2) is 0 Å². The molecule has 2 heterocycles. The lowest BCUT2D eigenvalue weighted by molar-refractivity contribution is -0.141. The molecule has 0 unspecified atom stereocenters. The molecule has 0 saturated carbocycles. The molecular weight excluding hydrogens is 415 g/mol. The van der Waals surface area contributed by atoms with Crippen LogP contribution in [0.25, 0.3) is 11.4 Å². The fraction of sp³-hybridized carbons (Fsp3) is 0.200. The number of carbonyl (C=O) groups excluding carboxylic acids is 1.